The molecule has 0 spiro atoms. The second-order valence-electron chi connectivity index (χ2n) is 3.24. The van der Waals surface area contributed by atoms with E-state index in [2.05, 4.69) is 4.74 Å². The normalized spacial score (nSPS) is 18.0. The van der Waals surface area contributed by atoms with E-state index in [9.17, 15) is 4.79 Å². The lowest BCUT2D eigenvalue weighted by Gasteiger charge is -2.32. The van der Waals surface area contributed by atoms with Crippen molar-refractivity contribution in [2.75, 3.05) is 20.3 Å². The van der Waals surface area contributed by atoms with Crippen LogP contribution in [0.5, 0.6) is 11.5 Å². The Hall–Kier alpha value is -1.43. The Morgan fingerprint density at radius 2 is 2.38 bits per heavy atom. The average Bonchev–Trinajstić information content (AvgIpc) is 2.77. The van der Waals surface area contributed by atoms with Crippen LogP contribution in [-0.2, 0) is 4.74 Å². The molecule has 0 aliphatic carbocycles. The summed E-state index contributed by atoms with van der Waals surface area (Å²) in [5.41, 5.74) is 0. The van der Waals surface area contributed by atoms with Gasteiger partial charge in [0.1, 0.15) is 6.61 Å². The van der Waals surface area contributed by atoms with E-state index in [4.69, 9.17) is 9.47 Å². The van der Waals surface area contributed by atoms with Crippen LogP contribution in [0.25, 0.3) is 0 Å². The van der Waals surface area contributed by atoms with Crippen molar-refractivity contribution in [1.82, 2.24) is 4.90 Å². The summed E-state index contributed by atoms with van der Waals surface area (Å²) in [6.45, 7) is 2.70. The van der Waals surface area contributed by atoms with Crippen molar-refractivity contribution in [2.45, 2.75) is 13.2 Å². The molecule has 0 saturated carbocycles. The number of likely N-dealkylation sites (N-methyl/N-ethyl adjacent to an activating group) is 1. The van der Waals surface area contributed by atoms with Crippen LogP contribution in [-0.4, -0.2) is 37.5 Å². The molecule has 2 heterocycles. The molecule has 2 rings (SSSR count). The number of thiophene rings is 1. The van der Waals surface area contributed by atoms with Gasteiger partial charge in [-0.15, -0.1) is 11.3 Å². The maximum Gasteiger partial charge on any atom is 0.412 e. The van der Waals surface area contributed by atoms with Gasteiger partial charge in [-0.2, -0.15) is 0 Å². The van der Waals surface area contributed by atoms with Crippen molar-refractivity contribution in [3.05, 3.63) is 10.8 Å². The summed E-state index contributed by atoms with van der Waals surface area (Å²) in [5, 5.41) is 3.73. The van der Waals surface area contributed by atoms with Crippen LogP contribution in [0.4, 0.5) is 4.79 Å². The molecule has 1 aliphatic heterocycles. The first-order valence-corrected chi connectivity index (χ1v) is 5.90. The number of nitrogens with zero attached hydrogens (tertiary/aromatic N) is 1. The summed E-state index contributed by atoms with van der Waals surface area (Å²) in [5.74, 6) is 1.42. The van der Waals surface area contributed by atoms with E-state index in [0.29, 0.717) is 18.9 Å². The molecule has 1 aliphatic rings. The van der Waals surface area contributed by atoms with Gasteiger partial charge in [-0.05, 0) is 6.92 Å². The minimum Gasteiger partial charge on any atom is -0.483 e. The van der Waals surface area contributed by atoms with Crippen molar-refractivity contribution < 1.29 is 19.0 Å². The summed E-state index contributed by atoms with van der Waals surface area (Å²) >= 11 is 1.51. The summed E-state index contributed by atoms with van der Waals surface area (Å²) in [6.07, 6.45) is -0.825. The molecule has 0 saturated heterocycles. The molecule has 0 aromatic carbocycles. The molecule has 1 aromatic rings. The van der Waals surface area contributed by atoms with Crippen LogP contribution in [0, 0.1) is 0 Å². The topological polar surface area (TPSA) is 48.0 Å². The zero-order chi connectivity index (χ0) is 11.5. The number of hydrogen-bond acceptors (Lipinski definition) is 5. The predicted molar refractivity (Wildman–Crippen MR) is 59.0 cm³/mol. The minimum absolute atomic E-state index is 0.326. The largest absolute Gasteiger partial charge is 0.483 e. The Kier molecular flexibility index (Phi) is 3.19. The van der Waals surface area contributed by atoms with E-state index in [1.165, 1.54) is 23.3 Å². The summed E-state index contributed by atoms with van der Waals surface area (Å²) < 4.78 is 15.8. The van der Waals surface area contributed by atoms with Gasteiger partial charge in [-0.3, -0.25) is 4.90 Å². The maximum atomic E-state index is 11.5. The van der Waals surface area contributed by atoms with Crippen molar-refractivity contribution in [3.8, 4) is 11.5 Å². The van der Waals surface area contributed by atoms with Crippen molar-refractivity contribution >= 4 is 17.4 Å². The monoisotopic (exact) mass is 243 g/mol. The summed E-state index contributed by atoms with van der Waals surface area (Å²) in [7, 11) is 1.35. The van der Waals surface area contributed by atoms with Gasteiger partial charge >= 0.3 is 6.09 Å². The van der Waals surface area contributed by atoms with Gasteiger partial charge in [-0.1, -0.05) is 0 Å². The van der Waals surface area contributed by atoms with Gasteiger partial charge in [0.05, 0.1) is 7.11 Å². The Morgan fingerprint density at radius 1 is 1.62 bits per heavy atom. The zero-order valence-corrected chi connectivity index (χ0v) is 9.95. The molecule has 6 heteroatoms. The number of carbonyl (C=O) groups excluding carboxylic acids is 1. The lowest BCUT2D eigenvalue weighted by atomic mass is 10.4. The van der Waals surface area contributed by atoms with Gasteiger partial charge in [0.25, 0.3) is 0 Å². The van der Waals surface area contributed by atoms with Gasteiger partial charge < -0.3 is 14.2 Å². The lowest BCUT2D eigenvalue weighted by Crippen LogP contribution is -2.48. The van der Waals surface area contributed by atoms with Gasteiger partial charge in [0.15, 0.2) is 11.5 Å². The number of rotatable bonds is 2. The van der Waals surface area contributed by atoms with Crippen LogP contribution < -0.4 is 9.47 Å². The molecule has 0 radical (unpaired) electrons. The van der Waals surface area contributed by atoms with Crippen molar-refractivity contribution in [2.24, 2.45) is 0 Å². The third-order valence-electron chi connectivity index (χ3n) is 2.33. The van der Waals surface area contributed by atoms with Crippen molar-refractivity contribution in [1.29, 1.82) is 0 Å². The van der Waals surface area contributed by atoms with Gasteiger partial charge in [-0.25, -0.2) is 4.79 Å². The van der Waals surface area contributed by atoms with Crippen LogP contribution in [0.15, 0.2) is 10.8 Å². The quantitative estimate of drug-likeness (QED) is 0.796. The Morgan fingerprint density at radius 3 is 3.06 bits per heavy atom. The van der Waals surface area contributed by atoms with Crippen LogP contribution >= 0.6 is 11.3 Å². The fourth-order valence-corrected chi connectivity index (χ4v) is 2.20. The lowest BCUT2D eigenvalue weighted by molar-refractivity contribution is -0.0199. The number of methoxy groups -OCH3 is 1. The Labute approximate surface area is 97.5 Å². The average molecular weight is 243 g/mol. The maximum absolute atomic E-state index is 11.5. The molecule has 0 bridgehead atoms. The first kappa shape index (κ1) is 11.1. The second kappa shape index (κ2) is 4.61. The summed E-state index contributed by atoms with van der Waals surface area (Å²) in [6, 6.07) is 0. The fourth-order valence-electron chi connectivity index (χ4n) is 1.53. The van der Waals surface area contributed by atoms with E-state index < -0.39 is 12.3 Å². The SMILES string of the molecule is CCN(C(=O)OC)C1COc2cscc2O1. The molecular weight excluding hydrogens is 230 g/mol. The standard InChI is InChI=1S/C10H13NO4S/c1-3-11(10(12)13-2)9-4-14-7-5-16-6-8(7)15-9/h5-6,9H,3-4H2,1-2H3. The number of carbonyl (C=O) groups is 1. The smallest absolute Gasteiger partial charge is 0.412 e. The summed E-state index contributed by atoms with van der Waals surface area (Å²) in [4.78, 5) is 13.0. The fraction of sp³-hybridized carbons (Fsp3) is 0.500. The number of amides is 1. The molecule has 1 aromatic heterocycles. The highest BCUT2D eigenvalue weighted by Gasteiger charge is 2.30. The van der Waals surface area contributed by atoms with E-state index in [1.807, 2.05) is 17.7 Å². The van der Waals surface area contributed by atoms with Gasteiger partial charge in [0.2, 0.25) is 6.23 Å². The Bertz CT molecular complexity index is 379. The third kappa shape index (κ3) is 1.92. The molecule has 88 valence electrons. The second-order valence-corrected chi connectivity index (χ2v) is 3.98. The van der Waals surface area contributed by atoms with E-state index in [0.717, 1.165) is 5.75 Å². The first-order chi connectivity index (χ1) is 7.76. The molecule has 1 amide bonds. The molecule has 16 heavy (non-hydrogen) atoms. The minimum atomic E-state index is -0.417. The van der Waals surface area contributed by atoms with Crippen LogP contribution in [0.2, 0.25) is 0 Å². The van der Waals surface area contributed by atoms with Crippen LogP contribution in [0.1, 0.15) is 6.92 Å². The molecule has 0 fully saturated rings. The molecule has 0 N–H and O–H groups in total. The third-order valence-corrected chi connectivity index (χ3v) is 3.04. The zero-order valence-electron chi connectivity index (χ0n) is 9.13. The van der Waals surface area contributed by atoms with E-state index >= 15 is 0 Å². The molecule has 1 unspecified atom stereocenters. The number of hydrogen-bond donors (Lipinski definition) is 0. The van der Waals surface area contributed by atoms with Crippen LogP contribution in [0.3, 0.4) is 0 Å². The van der Waals surface area contributed by atoms with Gasteiger partial charge in [0, 0.05) is 17.3 Å². The van der Waals surface area contributed by atoms with E-state index in [-0.39, 0.29) is 0 Å². The molecule has 1 atom stereocenters. The molecular formula is C10H13NO4S. The number of ether oxygens (including phenoxy) is 3. The highest BCUT2D eigenvalue weighted by atomic mass is 32.1. The first-order valence-electron chi connectivity index (χ1n) is 4.96. The number of fused-ring (bicyclic) bond motifs is 1. The predicted octanol–water partition coefficient (Wildman–Crippen LogP) is 1.93. The Balaban J connectivity index is 2.09. The van der Waals surface area contributed by atoms with Crippen molar-refractivity contribution in [3.63, 3.8) is 0 Å². The highest BCUT2D eigenvalue weighted by Crippen LogP contribution is 2.35. The van der Waals surface area contributed by atoms with E-state index in [1.54, 1.807) is 0 Å². The molecule has 5 nitrogen and oxygen atoms in total. The highest BCUT2D eigenvalue weighted by molar-refractivity contribution is 7.08.